The smallest absolute Gasteiger partial charge is 0.254 e. The van der Waals surface area contributed by atoms with Crippen LogP contribution in [0.4, 0.5) is 10.1 Å². The summed E-state index contributed by atoms with van der Waals surface area (Å²) in [6.07, 6.45) is 1.09. The van der Waals surface area contributed by atoms with Crippen LogP contribution < -0.4 is 11.1 Å². The normalized spacial score (nSPS) is 17.9. The summed E-state index contributed by atoms with van der Waals surface area (Å²) >= 11 is 0. The van der Waals surface area contributed by atoms with Gasteiger partial charge in [0.05, 0.1) is 5.69 Å². The molecule has 0 spiro atoms. The average molecular weight is 307 g/mol. The summed E-state index contributed by atoms with van der Waals surface area (Å²) in [5.41, 5.74) is 6.14. The molecule has 1 aliphatic heterocycles. The van der Waals surface area contributed by atoms with Crippen molar-refractivity contribution in [3.63, 3.8) is 0 Å². The number of carbonyl (C=O) groups is 2. The molecular weight excluding hydrogens is 285 g/mol. The van der Waals surface area contributed by atoms with E-state index in [0.717, 1.165) is 12.5 Å². The molecule has 1 fully saturated rings. The third-order valence-corrected chi connectivity index (χ3v) is 3.60. The van der Waals surface area contributed by atoms with Gasteiger partial charge in [0, 0.05) is 31.1 Å². The van der Waals surface area contributed by atoms with E-state index in [-0.39, 0.29) is 35.0 Å². The molecule has 22 heavy (non-hydrogen) atoms. The predicted octanol–water partition coefficient (Wildman–Crippen LogP) is 1.98. The highest BCUT2D eigenvalue weighted by molar-refractivity contribution is 5.96. The van der Waals surface area contributed by atoms with Crippen LogP contribution in [-0.2, 0) is 4.79 Å². The van der Waals surface area contributed by atoms with E-state index >= 15 is 0 Å². The molecular formula is C16H22FN3O2. The Morgan fingerprint density at radius 2 is 2.18 bits per heavy atom. The van der Waals surface area contributed by atoms with Gasteiger partial charge >= 0.3 is 0 Å². The highest BCUT2D eigenvalue weighted by Crippen LogP contribution is 2.19. The maximum atomic E-state index is 14.1. The van der Waals surface area contributed by atoms with Gasteiger partial charge in [-0.25, -0.2) is 4.39 Å². The van der Waals surface area contributed by atoms with Crippen molar-refractivity contribution in [1.29, 1.82) is 0 Å². The van der Waals surface area contributed by atoms with Crippen LogP contribution in [0.15, 0.2) is 18.2 Å². The lowest BCUT2D eigenvalue weighted by molar-refractivity contribution is -0.116. The van der Waals surface area contributed by atoms with E-state index in [9.17, 15) is 14.0 Å². The van der Waals surface area contributed by atoms with Gasteiger partial charge < -0.3 is 16.0 Å². The van der Waals surface area contributed by atoms with Gasteiger partial charge in [-0.2, -0.15) is 0 Å². The van der Waals surface area contributed by atoms with E-state index < -0.39 is 5.82 Å². The number of anilines is 1. The molecule has 0 aliphatic carbocycles. The maximum Gasteiger partial charge on any atom is 0.254 e. The van der Waals surface area contributed by atoms with Crippen LogP contribution in [0, 0.1) is 11.7 Å². The van der Waals surface area contributed by atoms with Crippen LogP contribution >= 0.6 is 0 Å². The van der Waals surface area contributed by atoms with Gasteiger partial charge in [-0.15, -0.1) is 0 Å². The third-order valence-electron chi connectivity index (χ3n) is 3.60. The van der Waals surface area contributed by atoms with Gasteiger partial charge in [0.15, 0.2) is 0 Å². The molecule has 1 atom stereocenters. The van der Waals surface area contributed by atoms with Crippen LogP contribution in [0.1, 0.15) is 37.0 Å². The third kappa shape index (κ3) is 4.04. The monoisotopic (exact) mass is 307 g/mol. The maximum absolute atomic E-state index is 14.1. The molecule has 2 rings (SSSR count). The van der Waals surface area contributed by atoms with E-state index in [2.05, 4.69) is 5.32 Å². The molecule has 1 aromatic carbocycles. The zero-order valence-corrected chi connectivity index (χ0v) is 12.9. The molecule has 0 bridgehead atoms. The Hall–Kier alpha value is -1.95. The molecule has 0 saturated carbocycles. The van der Waals surface area contributed by atoms with Gasteiger partial charge in [-0.05, 0) is 30.5 Å². The number of likely N-dealkylation sites (tertiary alicyclic amines) is 1. The predicted molar refractivity (Wildman–Crippen MR) is 83.0 cm³/mol. The first-order valence-electron chi connectivity index (χ1n) is 7.51. The number of rotatable bonds is 4. The largest absolute Gasteiger partial charge is 0.337 e. The van der Waals surface area contributed by atoms with Crippen LogP contribution in [-0.4, -0.2) is 35.8 Å². The first-order chi connectivity index (χ1) is 10.4. The fraction of sp³-hybridized carbons (Fsp3) is 0.500. The van der Waals surface area contributed by atoms with Crippen LogP contribution in [0.2, 0.25) is 0 Å². The zero-order valence-electron chi connectivity index (χ0n) is 12.9. The van der Waals surface area contributed by atoms with Crippen LogP contribution in [0.3, 0.4) is 0 Å². The van der Waals surface area contributed by atoms with Crippen LogP contribution in [0.25, 0.3) is 0 Å². The number of nitrogens with two attached hydrogens (primary N) is 1. The number of nitrogens with zero attached hydrogens (tertiary/aromatic N) is 1. The number of benzene rings is 1. The molecule has 120 valence electrons. The quantitative estimate of drug-likeness (QED) is 0.893. The molecule has 1 aromatic rings. The van der Waals surface area contributed by atoms with Crippen molar-refractivity contribution in [2.24, 2.45) is 11.7 Å². The minimum atomic E-state index is -0.605. The minimum Gasteiger partial charge on any atom is -0.337 e. The summed E-state index contributed by atoms with van der Waals surface area (Å²) in [6, 6.07) is 4.11. The second-order valence-electron chi connectivity index (χ2n) is 6.14. The summed E-state index contributed by atoms with van der Waals surface area (Å²) in [6.45, 7) is 4.92. The Morgan fingerprint density at radius 1 is 1.45 bits per heavy atom. The van der Waals surface area contributed by atoms with Gasteiger partial charge in [0.25, 0.3) is 5.91 Å². The van der Waals surface area contributed by atoms with E-state index in [1.165, 1.54) is 12.1 Å². The lowest BCUT2D eigenvalue weighted by Gasteiger charge is -2.16. The molecule has 0 radical (unpaired) electrons. The highest BCUT2D eigenvalue weighted by Gasteiger charge is 2.25. The summed E-state index contributed by atoms with van der Waals surface area (Å²) in [5.74, 6) is -0.875. The molecule has 3 N–H and O–H groups in total. The van der Waals surface area contributed by atoms with Crippen molar-refractivity contribution in [3.05, 3.63) is 29.6 Å². The zero-order chi connectivity index (χ0) is 16.3. The number of amides is 2. The van der Waals surface area contributed by atoms with Crippen molar-refractivity contribution in [1.82, 2.24) is 4.90 Å². The minimum absolute atomic E-state index is 0.0107. The Labute approximate surface area is 129 Å². The van der Waals surface area contributed by atoms with Gasteiger partial charge in [0.2, 0.25) is 5.91 Å². The number of hydrogen-bond donors (Lipinski definition) is 2. The number of hydrogen-bond acceptors (Lipinski definition) is 3. The lowest BCUT2D eigenvalue weighted by Crippen LogP contribution is -2.31. The molecule has 6 heteroatoms. The Morgan fingerprint density at radius 3 is 2.73 bits per heavy atom. The average Bonchev–Trinajstić information content (AvgIpc) is 2.86. The Kier molecular flexibility index (Phi) is 5.13. The fourth-order valence-electron chi connectivity index (χ4n) is 2.48. The van der Waals surface area contributed by atoms with E-state index in [1.54, 1.807) is 4.90 Å². The number of carbonyl (C=O) groups excluding carboxylic acids is 2. The number of nitrogens with one attached hydrogen (secondary N) is 1. The first kappa shape index (κ1) is 16.4. The van der Waals surface area contributed by atoms with Crippen molar-refractivity contribution in [3.8, 4) is 0 Å². The van der Waals surface area contributed by atoms with E-state index in [1.807, 2.05) is 13.8 Å². The topological polar surface area (TPSA) is 75.4 Å². The molecule has 0 unspecified atom stereocenters. The summed E-state index contributed by atoms with van der Waals surface area (Å²) in [4.78, 5) is 25.5. The SMILES string of the molecule is CC(C)CC(=O)Nc1ccc(C(=O)N2CC[C@@H](N)C2)cc1F. The van der Waals surface area contributed by atoms with Gasteiger partial charge in [-0.1, -0.05) is 13.8 Å². The van der Waals surface area contributed by atoms with E-state index in [4.69, 9.17) is 5.73 Å². The fourth-order valence-corrected chi connectivity index (χ4v) is 2.48. The highest BCUT2D eigenvalue weighted by atomic mass is 19.1. The molecule has 1 aliphatic rings. The standard InChI is InChI=1S/C16H22FN3O2/c1-10(2)7-15(21)19-14-4-3-11(8-13(14)17)16(22)20-6-5-12(18)9-20/h3-4,8,10,12H,5-7,9,18H2,1-2H3,(H,19,21)/t12-/m1/s1. The summed E-state index contributed by atoms with van der Waals surface area (Å²) < 4.78 is 14.1. The summed E-state index contributed by atoms with van der Waals surface area (Å²) in [7, 11) is 0. The molecule has 1 saturated heterocycles. The Balaban J connectivity index is 2.06. The van der Waals surface area contributed by atoms with Gasteiger partial charge in [-0.3, -0.25) is 9.59 Å². The van der Waals surface area contributed by atoms with Gasteiger partial charge in [0.1, 0.15) is 5.82 Å². The second kappa shape index (κ2) is 6.87. The lowest BCUT2D eigenvalue weighted by atomic mass is 10.1. The van der Waals surface area contributed by atoms with Crippen molar-refractivity contribution in [2.75, 3.05) is 18.4 Å². The number of halogens is 1. The summed E-state index contributed by atoms with van der Waals surface area (Å²) in [5, 5.41) is 2.53. The van der Waals surface area contributed by atoms with Crippen molar-refractivity contribution < 1.29 is 14.0 Å². The molecule has 1 heterocycles. The van der Waals surface area contributed by atoms with E-state index in [0.29, 0.717) is 19.5 Å². The second-order valence-corrected chi connectivity index (χ2v) is 6.14. The first-order valence-corrected chi connectivity index (χ1v) is 7.51. The molecule has 0 aromatic heterocycles. The molecule has 5 nitrogen and oxygen atoms in total. The Bertz CT molecular complexity index is 575. The molecule has 2 amide bonds. The van der Waals surface area contributed by atoms with Crippen LogP contribution in [0.5, 0.6) is 0 Å². The van der Waals surface area contributed by atoms with Crippen molar-refractivity contribution in [2.45, 2.75) is 32.7 Å². The van der Waals surface area contributed by atoms with Crippen molar-refractivity contribution >= 4 is 17.5 Å².